The molecular weight excluding hydrogens is 226 g/mol. The third-order valence-electron chi connectivity index (χ3n) is 2.36. The van der Waals surface area contributed by atoms with Gasteiger partial charge >= 0.3 is 0 Å². The number of benzene rings is 1. The summed E-state index contributed by atoms with van der Waals surface area (Å²) in [5.41, 5.74) is 2.01. The minimum Gasteiger partial charge on any atom is -0.496 e. The molecule has 16 heavy (non-hydrogen) atoms. The molecule has 1 aromatic carbocycles. The predicted molar refractivity (Wildman–Crippen MR) is 61.8 cm³/mol. The van der Waals surface area contributed by atoms with E-state index in [1.807, 2.05) is 18.2 Å². The fourth-order valence-corrected chi connectivity index (χ4v) is 1.75. The standard InChI is InChI=1S/C11H12ClN3O/c1-16-11-5-3-9(12)6-8(11)2-4-10-7-13-15-14-10/h3,5-7H,2,4H2,1H3,(H,13,14,15). The van der Waals surface area contributed by atoms with E-state index >= 15 is 0 Å². The van der Waals surface area contributed by atoms with Crippen LogP contribution in [0.3, 0.4) is 0 Å². The van der Waals surface area contributed by atoms with E-state index in [4.69, 9.17) is 16.3 Å². The maximum absolute atomic E-state index is 5.94. The smallest absolute Gasteiger partial charge is 0.122 e. The van der Waals surface area contributed by atoms with Crippen LogP contribution in [-0.4, -0.2) is 22.5 Å². The predicted octanol–water partition coefficient (Wildman–Crippen LogP) is 2.25. The molecule has 1 aromatic heterocycles. The summed E-state index contributed by atoms with van der Waals surface area (Å²) >= 11 is 5.94. The average Bonchev–Trinajstić information content (AvgIpc) is 2.79. The van der Waals surface area contributed by atoms with E-state index in [0.717, 1.165) is 34.9 Å². The van der Waals surface area contributed by atoms with Crippen molar-refractivity contribution in [2.45, 2.75) is 12.8 Å². The van der Waals surface area contributed by atoms with Crippen LogP contribution in [0.15, 0.2) is 24.4 Å². The quantitative estimate of drug-likeness (QED) is 0.888. The van der Waals surface area contributed by atoms with Gasteiger partial charge in [-0.15, -0.1) is 0 Å². The topological polar surface area (TPSA) is 50.8 Å². The van der Waals surface area contributed by atoms with Crippen LogP contribution in [0.1, 0.15) is 11.3 Å². The number of H-pyrrole nitrogens is 1. The fourth-order valence-electron chi connectivity index (χ4n) is 1.55. The van der Waals surface area contributed by atoms with Crippen molar-refractivity contribution in [3.05, 3.63) is 40.7 Å². The number of aromatic nitrogens is 3. The van der Waals surface area contributed by atoms with Gasteiger partial charge in [-0.25, -0.2) is 0 Å². The van der Waals surface area contributed by atoms with Crippen LogP contribution in [0.5, 0.6) is 5.75 Å². The Bertz CT molecular complexity index is 456. The van der Waals surface area contributed by atoms with Gasteiger partial charge in [0.05, 0.1) is 19.0 Å². The summed E-state index contributed by atoms with van der Waals surface area (Å²) in [6.07, 6.45) is 3.36. The van der Waals surface area contributed by atoms with Crippen molar-refractivity contribution >= 4 is 11.6 Å². The lowest BCUT2D eigenvalue weighted by Crippen LogP contribution is -1.96. The summed E-state index contributed by atoms with van der Waals surface area (Å²) < 4.78 is 5.27. The first kappa shape index (κ1) is 11.0. The second-order valence-electron chi connectivity index (χ2n) is 3.42. The van der Waals surface area contributed by atoms with Crippen molar-refractivity contribution in [1.82, 2.24) is 15.4 Å². The fraction of sp³-hybridized carbons (Fsp3) is 0.273. The number of ether oxygens (including phenoxy) is 1. The molecule has 0 atom stereocenters. The van der Waals surface area contributed by atoms with E-state index in [9.17, 15) is 0 Å². The van der Waals surface area contributed by atoms with Crippen molar-refractivity contribution in [3.8, 4) is 5.75 Å². The van der Waals surface area contributed by atoms with Gasteiger partial charge in [-0.1, -0.05) is 11.6 Å². The largest absolute Gasteiger partial charge is 0.496 e. The third kappa shape index (κ3) is 2.52. The first-order valence-electron chi connectivity index (χ1n) is 4.96. The highest BCUT2D eigenvalue weighted by Crippen LogP contribution is 2.23. The van der Waals surface area contributed by atoms with Gasteiger partial charge in [0, 0.05) is 5.02 Å². The Morgan fingerprint density at radius 3 is 2.94 bits per heavy atom. The Balaban J connectivity index is 2.11. The zero-order valence-corrected chi connectivity index (χ0v) is 9.66. The molecule has 84 valence electrons. The molecular formula is C11H12ClN3O. The molecule has 4 nitrogen and oxygen atoms in total. The number of rotatable bonds is 4. The summed E-state index contributed by atoms with van der Waals surface area (Å²) in [5.74, 6) is 0.855. The maximum atomic E-state index is 5.94. The van der Waals surface area contributed by atoms with Crippen LogP contribution < -0.4 is 4.74 Å². The molecule has 2 aromatic rings. The molecule has 0 radical (unpaired) electrons. The van der Waals surface area contributed by atoms with Gasteiger partial charge in [0.1, 0.15) is 5.75 Å². The summed E-state index contributed by atoms with van der Waals surface area (Å²) in [5, 5.41) is 11.1. The first-order chi connectivity index (χ1) is 7.79. The minimum atomic E-state index is 0.718. The molecule has 2 rings (SSSR count). The highest BCUT2D eigenvalue weighted by atomic mass is 35.5. The van der Waals surface area contributed by atoms with Gasteiger partial charge in [-0.2, -0.15) is 15.4 Å². The number of hydrogen-bond acceptors (Lipinski definition) is 3. The molecule has 1 heterocycles. The number of aromatic amines is 1. The highest BCUT2D eigenvalue weighted by molar-refractivity contribution is 6.30. The van der Waals surface area contributed by atoms with E-state index in [1.54, 1.807) is 13.3 Å². The number of methoxy groups -OCH3 is 1. The van der Waals surface area contributed by atoms with Crippen molar-refractivity contribution in [2.24, 2.45) is 0 Å². The van der Waals surface area contributed by atoms with Crippen LogP contribution in [0, 0.1) is 0 Å². The monoisotopic (exact) mass is 237 g/mol. The van der Waals surface area contributed by atoms with Crippen molar-refractivity contribution in [3.63, 3.8) is 0 Å². The maximum Gasteiger partial charge on any atom is 0.122 e. The van der Waals surface area contributed by atoms with Crippen LogP contribution in [0.2, 0.25) is 5.02 Å². The van der Waals surface area contributed by atoms with Gasteiger partial charge < -0.3 is 4.74 Å². The Morgan fingerprint density at radius 2 is 2.25 bits per heavy atom. The highest BCUT2D eigenvalue weighted by Gasteiger charge is 2.05. The first-order valence-corrected chi connectivity index (χ1v) is 5.34. The van der Waals surface area contributed by atoms with Gasteiger partial charge in [0.15, 0.2) is 0 Å². The molecule has 0 amide bonds. The summed E-state index contributed by atoms with van der Waals surface area (Å²) in [7, 11) is 1.66. The van der Waals surface area contributed by atoms with Gasteiger partial charge in [-0.3, -0.25) is 0 Å². The molecule has 0 saturated carbocycles. The summed E-state index contributed by atoms with van der Waals surface area (Å²) in [6.45, 7) is 0. The molecule has 0 aliphatic rings. The molecule has 0 bridgehead atoms. The summed E-state index contributed by atoms with van der Waals surface area (Å²) in [6, 6.07) is 5.61. The van der Waals surface area contributed by atoms with E-state index in [2.05, 4.69) is 15.4 Å². The van der Waals surface area contributed by atoms with Crippen molar-refractivity contribution < 1.29 is 4.74 Å². The van der Waals surface area contributed by atoms with Gasteiger partial charge in [-0.05, 0) is 36.6 Å². The molecule has 0 fully saturated rings. The number of halogens is 1. The summed E-state index contributed by atoms with van der Waals surface area (Å²) in [4.78, 5) is 0. The third-order valence-corrected chi connectivity index (χ3v) is 2.59. The zero-order valence-electron chi connectivity index (χ0n) is 8.90. The molecule has 0 saturated heterocycles. The lowest BCUT2D eigenvalue weighted by molar-refractivity contribution is 0.409. The van der Waals surface area contributed by atoms with E-state index < -0.39 is 0 Å². The molecule has 5 heteroatoms. The minimum absolute atomic E-state index is 0.718. The Morgan fingerprint density at radius 1 is 1.38 bits per heavy atom. The normalized spacial score (nSPS) is 10.4. The molecule has 0 spiro atoms. The van der Waals surface area contributed by atoms with Crippen LogP contribution in [0.25, 0.3) is 0 Å². The molecule has 1 N–H and O–H groups in total. The lowest BCUT2D eigenvalue weighted by Gasteiger charge is -2.07. The molecule has 0 aliphatic carbocycles. The van der Waals surface area contributed by atoms with E-state index in [-0.39, 0.29) is 0 Å². The van der Waals surface area contributed by atoms with Crippen LogP contribution >= 0.6 is 11.6 Å². The van der Waals surface area contributed by atoms with Crippen LogP contribution in [-0.2, 0) is 12.8 Å². The van der Waals surface area contributed by atoms with E-state index in [0.29, 0.717) is 0 Å². The Labute approximate surface area is 98.6 Å². The number of nitrogens with zero attached hydrogens (tertiary/aromatic N) is 2. The Hall–Kier alpha value is -1.55. The van der Waals surface area contributed by atoms with Gasteiger partial charge in [0.2, 0.25) is 0 Å². The number of nitrogens with one attached hydrogen (secondary N) is 1. The second kappa shape index (κ2) is 4.99. The zero-order chi connectivity index (χ0) is 11.4. The average molecular weight is 238 g/mol. The second-order valence-corrected chi connectivity index (χ2v) is 3.85. The van der Waals surface area contributed by atoms with Crippen molar-refractivity contribution in [1.29, 1.82) is 0 Å². The van der Waals surface area contributed by atoms with Gasteiger partial charge in [0.25, 0.3) is 0 Å². The molecule has 0 aliphatic heterocycles. The van der Waals surface area contributed by atoms with Crippen molar-refractivity contribution in [2.75, 3.05) is 7.11 Å². The van der Waals surface area contributed by atoms with E-state index in [1.165, 1.54) is 0 Å². The Kier molecular flexibility index (Phi) is 3.41. The van der Waals surface area contributed by atoms with Crippen LogP contribution in [0.4, 0.5) is 0 Å². The number of aryl methyl sites for hydroxylation is 2. The lowest BCUT2D eigenvalue weighted by atomic mass is 10.1. The SMILES string of the molecule is COc1ccc(Cl)cc1CCc1cn[nH]n1. The number of hydrogen-bond donors (Lipinski definition) is 1. The molecule has 0 unspecified atom stereocenters.